The highest BCUT2D eigenvalue weighted by atomic mass is 16.4. The van der Waals surface area contributed by atoms with Crippen molar-refractivity contribution < 1.29 is 9.90 Å². The Kier molecular flexibility index (Phi) is 2.26. The average Bonchev–Trinajstić information content (AvgIpc) is 2.49. The van der Waals surface area contributed by atoms with Gasteiger partial charge < -0.3 is 10.0 Å². The summed E-state index contributed by atoms with van der Waals surface area (Å²) in [6.45, 7) is 1.11. The van der Waals surface area contributed by atoms with Gasteiger partial charge >= 0.3 is 5.97 Å². The first-order chi connectivity index (χ1) is 6.18. The van der Waals surface area contributed by atoms with Gasteiger partial charge in [0.1, 0.15) is 6.04 Å². The third kappa shape index (κ3) is 1.56. The smallest absolute Gasteiger partial charge is 0.320 e. The summed E-state index contributed by atoms with van der Waals surface area (Å²) in [4.78, 5) is 13.1. The largest absolute Gasteiger partial charge is 0.480 e. The van der Waals surface area contributed by atoms with E-state index in [0.29, 0.717) is 12.1 Å². The summed E-state index contributed by atoms with van der Waals surface area (Å²) in [5.74, 6) is -0.706. The molecule has 2 fully saturated rings. The van der Waals surface area contributed by atoms with Crippen molar-refractivity contribution in [3.63, 3.8) is 0 Å². The highest BCUT2D eigenvalue weighted by Crippen LogP contribution is 2.25. The number of likely N-dealkylation sites (tertiary alicyclic amines) is 1. The maximum absolute atomic E-state index is 10.8. The van der Waals surface area contributed by atoms with Crippen LogP contribution in [0.4, 0.5) is 0 Å². The predicted molar refractivity (Wildman–Crippen MR) is 48.6 cm³/mol. The normalized spacial score (nSPS) is 40.2. The van der Waals surface area contributed by atoms with Gasteiger partial charge in [-0.3, -0.25) is 10.1 Å². The molecule has 0 aliphatic carbocycles. The lowest BCUT2D eigenvalue weighted by atomic mass is 9.97. The van der Waals surface area contributed by atoms with Crippen molar-refractivity contribution in [1.82, 2.24) is 10.2 Å². The highest BCUT2D eigenvalue weighted by Gasteiger charge is 2.40. The van der Waals surface area contributed by atoms with E-state index in [1.807, 2.05) is 0 Å². The number of likely N-dealkylation sites (N-methyl/N-ethyl adjacent to an activating group) is 1. The summed E-state index contributed by atoms with van der Waals surface area (Å²) in [5, 5.41) is 12.0. The molecule has 0 aromatic rings. The molecule has 0 aromatic carbocycles. The van der Waals surface area contributed by atoms with Crippen LogP contribution in [0.1, 0.15) is 19.3 Å². The Morgan fingerprint density at radius 2 is 2.38 bits per heavy atom. The van der Waals surface area contributed by atoms with Gasteiger partial charge in [0, 0.05) is 12.1 Å². The zero-order valence-corrected chi connectivity index (χ0v) is 7.86. The Morgan fingerprint density at radius 3 is 3.00 bits per heavy atom. The van der Waals surface area contributed by atoms with E-state index < -0.39 is 5.97 Å². The van der Waals surface area contributed by atoms with Crippen molar-refractivity contribution in [2.45, 2.75) is 37.4 Å². The topological polar surface area (TPSA) is 52.6 Å². The van der Waals surface area contributed by atoms with Gasteiger partial charge in [0.05, 0.1) is 0 Å². The van der Waals surface area contributed by atoms with E-state index in [-0.39, 0.29) is 6.04 Å². The fraction of sp³-hybridized carbons (Fsp3) is 0.889. The number of hydrogen-bond acceptors (Lipinski definition) is 3. The third-order valence-electron chi connectivity index (χ3n) is 3.25. The van der Waals surface area contributed by atoms with Crippen molar-refractivity contribution in [3.8, 4) is 0 Å². The van der Waals surface area contributed by atoms with E-state index in [2.05, 4.69) is 17.3 Å². The maximum Gasteiger partial charge on any atom is 0.320 e. The molecule has 74 valence electrons. The predicted octanol–water partition coefficient (Wildman–Crippen LogP) is -0.104. The molecular weight excluding hydrogens is 168 g/mol. The molecule has 2 aliphatic rings. The number of carbonyl (C=O) groups is 1. The Hall–Kier alpha value is -0.610. The summed E-state index contributed by atoms with van der Waals surface area (Å²) >= 11 is 0. The zero-order chi connectivity index (χ0) is 9.42. The van der Waals surface area contributed by atoms with E-state index in [4.69, 9.17) is 5.11 Å². The molecule has 0 amide bonds. The van der Waals surface area contributed by atoms with Crippen LogP contribution in [0.5, 0.6) is 0 Å². The minimum absolute atomic E-state index is 0.324. The van der Waals surface area contributed by atoms with Gasteiger partial charge in [-0.2, -0.15) is 0 Å². The number of piperidine rings is 1. The van der Waals surface area contributed by atoms with Crippen molar-refractivity contribution in [2.75, 3.05) is 13.6 Å². The van der Waals surface area contributed by atoms with Gasteiger partial charge in [-0.05, 0) is 32.9 Å². The van der Waals surface area contributed by atoms with Crippen LogP contribution in [-0.2, 0) is 4.79 Å². The SMILES string of the molecule is CN1CCCC2NC(C(=O)O)CC21. The summed E-state index contributed by atoms with van der Waals surface area (Å²) in [6, 6.07) is 0.519. The number of nitrogens with one attached hydrogen (secondary N) is 1. The quantitative estimate of drug-likeness (QED) is 0.597. The first kappa shape index (κ1) is 8.97. The van der Waals surface area contributed by atoms with Crippen molar-refractivity contribution in [2.24, 2.45) is 0 Å². The summed E-state index contributed by atoms with van der Waals surface area (Å²) in [5.41, 5.74) is 0. The minimum Gasteiger partial charge on any atom is -0.480 e. The zero-order valence-electron chi connectivity index (χ0n) is 7.86. The third-order valence-corrected chi connectivity index (χ3v) is 3.25. The molecule has 2 heterocycles. The number of fused-ring (bicyclic) bond motifs is 1. The number of aliphatic carboxylic acids is 1. The number of carboxylic acids is 1. The molecule has 13 heavy (non-hydrogen) atoms. The molecule has 2 rings (SSSR count). The van der Waals surface area contributed by atoms with Crippen LogP contribution in [0.3, 0.4) is 0 Å². The van der Waals surface area contributed by atoms with Crippen LogP contribution < -0.4 is 5.32 Å². The standard InChI is InChI=1S/C9H16N2O2/c1-11-4-2-3-6-8(11)5-7(10-6)9(12)13/h6-8,10H,2-5H2,1H3,(H,12,13). The van der Waals surface area contributed by atoms with Crippen LogP contribution >= 0.6 is 0 Å². The highest BCUT2D eigenvalue weighted by molar-refractivity contribution is 5.74. The van der Waals surface area contributed by atoms with E-state index in [9.17, 15) is 4.79 Å². The molecule has 4 heteroatoms. The monoisotopic (exact) mass is 184 g/mol. The first-order valence-electron chi connectivity index (χ1n) is 4.87. The van der Waals surface area contributed by atoms with Crippen LogP contribution in [0, 0.1) is 0 Å². The molecular formula is C9H16N2O2. The van der Waals surface area contributed by atoms with Gasteiger partial charge in [0.2, 0.25) is 0 Å². The molecule has 4 nitrogen and oxygen atoms in total. The summed E-state index contributed by atoms with van der Waals surface area (Å²) in [7, 11) is 2.09. The Balaban J connectivity index is 2.04. The van der Waals surface area contributed by atoms with Crippen LogP contribution in [0.25, 0.3) is 0 Å². The lowest BCUT2D eigenvalue weighted by Gasteiger charge is -2.34. The average molecular weight is 184 g/mol. The summed E-state index contributed by atoms with van der Waals surface area (Å²) < 4.78 is 0. The number of nitrogens with zero attached hydrogens (tertiary/aromatic N) is 1. The Morgan fingerprint density at radius 1 is 1.62 bits per heavy atom. The van der Waals surface area contributed by atoms with E-state index >= 15 is 0 Å². The van der Waals surface area contributed by atoms with Crippen molar-refractivity contribution in [3.05, 3.63) is 0 Å². The molecule has 0 spiro atoms. The molecule has 3 atom stereocenters. The fourth-order valence-electron chi connectivity index (χ4n) is 2.50. The second-order valence-corrected chi connectivity index (χ2v) is 4.09. The van der Waals surface area contributed by atoms with Crippen LogP contribution in [-0.4, -0.2) is 47.7 Å². The molecule has 0 radical (unpaired) electrons. The molecule has 0 aromatic heterocycles. The lowest BCUT2D eigenvalue weighted by Crippen LogP contribution is -2.46. The second kappa shape index (κ2) is 3.27. The van der Waals surface area contributed by atoms with E-state index in [0.717, 1.165) is 19.4 Å². The Labute approximate surface area is 77.9 Å². The van der Waals surface area contributed by atoms with Crippen LogP contribution in [0.2, 0.25) is 0 Å². The number of rotatable bonds is 1. The Bertz CT molecular complexity index is 220. The molecule has 2 saturated heterocycles. The molecule has 2 N–H and O–H groups in total. The molecule has 0 saturated carbocycles. The maximum atomic E-state index is 10.8. The lowest BCUT2D eigenvalue weighted by molar-refractivity contribution is -0.139. The van der Waals surface area contributed by atoms with Gasteiger partial charge in [-0.1, -0.05) is 0 Å². The molecule has 0 bridgehead atoms. The second-order valence-electron chi connectivity index (χ2n) is 4.09. The van der Waals surface area contributed by atoms with Gasteiger partial charge in [-0.25, -0.2) is 0 Å². The molecule has 2 aliphatic heterocycles. The van der Waals surface area contributed by atoms with E-state index in [1.54, 1.807) is 0 Å². The first-order valence-corrected chi connectivity index (χ1v) is 4.87. The number of hydrogen-bond donors (Lipinski definition) is 2. The summed E-state index contributed by atoms with van der Waals surface area (Å²) in [6.07, 6.45) is 3.06. The minimum atomic E-state index is -0.706. The fourth-order valence-corrected chi connectivity index (χ4v) is 2.50. The van der Waals surface area contributed by atoms with E-state index in [1.165, 1.54) is 6.42 Å². The van der Waals surface area contributed by atoms with Crippen LogP contribution in [0.15, 0.2) is 0 Å². The van der Waals surface area contributed by atoms with Crippen molar-refractivity contribution >= 4 is 5.97 Å². The van der Waals surface area contributed by atoms with Crippen molar-refractivity contribution in [1.29, 1.82) is 0 Å². The van der Waals surface area contributed by atoms with Gasteiger partial charge in [0.15, 0.2) is 0 Å². The molecule has 3 unspecified atom stereocenters. The number of carboxylic acid groups (broad SMARTS) is 1. The van der Waals surface area contributed by atoms with Gasteiger partial charge in [0.25, 0.3) is 0 Å². The van der Waals surface area contributed by atoms with Gasteiger partial charge in [-0.15, -0.1) is 0 Å².